The van der Waals surface area contributed by atoms with Gasteiger partial charge in [-0.15, -0.1) is 0 Å². The lowest BCUT2D eigenvalue weighted by Crippen LogP contribution is -2.39. The summed E-state index contributed by atoms with van der Waals surface area (Å²) in [4.78, 5) is 33.8. The van der Waals surface area contributed by atoms with E-state index in [2.05, 4.69) is 9.97 Å². The molecule has 1 saturated heterocycles. The zero-order chi connectivity index (χ0) is 23.5. The Kier molecular flexibility index (Phi) is 5.99. The molecular formula is C27H26N4O3. The first-order valence-electron chi connectivity index (χ1n) is 11.4. The molecule has 2 amide bonds. The summed E-state index contributed by atoms with van der Waals surface area (Å²) >= 11 is 0. The number of ether oxygens (including phenoxy) is 1. The lowest BCUT2D eigenvalue weighted by atomic mass is 9.97. The van der Waals surface area contributed by atoms with Crippen molar-refractivity contribution in [3.8, 4) is 17.1 Å². The van der Waals surface area contributed by atoms with Crippen molar-refractivity contribution in [3.63, 3.8) is 0 Å². The molecule has 1 aliphatic heterocycles. The number of primary amides is 1. The van der Waals surface area contributed by atoms with Crippen molar-refractivity contribution in [2.24, 2.45) is 11.7 Å². The fourth-order valence-corrected chi connectivity index (χ4v) is 4.28. The number of piperidine rings is 1. The molecule has 3 aromatic carbocycles. The van der Waals surface area contributed by atoms with Crippen LogP contribution in [0.5, 0.6) is 5.75 Å². The molecular weight excluding hydrogens is 428 g/mol. The molecule has 0 atom stereocenters. The number of fused-ring (bicyclic) bond motifs is 1. The molecule has 4 aromatic rings. The van der Waals surface area contributed by atoms with Gasteiger partial charge in [0.15, 0.2) is 0 Å². The van der Waals surface area contributed by atoms with Crippen molar-refractivity contribution in [3.05, 3.63) is 83.9 Å². The zero-order valence-corrected chi connectivity index (χ0v) is 18.7. The Hall–Kier alpha value is -4.13. The quantitative estimate of drug-likeness (QED) is 0.454. The molecule has 1 fully saturated rings. The molecule has 2 heterocycles. The second kappa shape index (κ2) is 9.39. The first-order valence-corrected chi connectivity index (χ1v) is 11.4. The van der Waals surface area contributed by atoms with E-state index in [0.29, 0.717) is 23.6 Å². The first kappa shape index (κ1) is 21.7. The van der Waals surface area contributed by atoms with Gasteiger partial charge in [0.25, 0.3) is 5.91 Å². The molecule has 7 nitrogen and oxygen atoms in total. The van der Waals surface area contributed by atoms with Crippen molar-refractivity contribution in [2.75, 3.05) is 19.7 Å². The van der Waals surface area contributed by atoms with E-state index in [1.165, 1.54) is 0 Å². The third kappa shape index (κ3) is 4.64. The van der Waals surface area contributed by atoms with E-state index >= 15 is 0 Å². The molecule has 0 radical (unpaired) electrons. The van der Waals surface area contributed by atoms with E-state index in [4.69, 9.17) is 10.5 Å². The van der Waals surface area contributed by atoms with Crippen LogP contribution in [0, 0.1) is 5.92 Å². The molecule has 172 valence electrons. The molecule has 5 rings (SSSR count). The van der Waals surface area contributed by atoms with Gasteiger partial charge in [-0.3, -0.25) is 9.59 Å². The molecule has 1 aromatic heterocycles. The van der Waals surface area contributed by atoms with E-state index in [0.717, 1.165) is 54.1 Å². The molecule has 3 N–H and O–H groups in total. The Morgan fingerprint density at radius 2 is 1.71 bits per heavy atom. The minimum atomic E-state index is -0.471. The summed E-state index contributed by atoms with van der Waals surface area (Å²) in [7, 11) is 0. The summed E-state index contributed by atoms with van der Waals surface area (Å²) in [5, 5.41) is 0. The van der Waals surface area contributed by atoms with E-state index in [-0.39, 0.29) is 5.91 Å². The van der Waals surface area contributed by atoms with Crippen LogP contribution in [0.4, 0.5) is 0 Å². The topological polar surface area (TPSA) is 101 Å². The molecule has 0 aliphatic carbocycles. The summed E-state index contributed by atoms with van der Waals surface area (Å²) in [6, 6.07) is 22.4. The molecule has 0 saturated carbocycles. The number of nitrogens with one attached hydrogen (secondary N) is 1. The number of likely N-dealkylation sites (tertiary alicyclic amines) is 1. The lowest BCUT2D eigenvalue weighted by molar-refractivity contribution is 0.0661. The molecule has 0 bridgehead atoms. The normalized spacial score (nSPS) is 14.3. The zero-order valence-electron chi connectivity index (χ0n) is 18.7. The highest BCUT2D eigenvalue weighted by Crippen LogP contribution is 2.25. The van der Waals surface area contributed by atoms with Gasteiger partial charge in [0.2, 0.25) is 5.91 Å². The summed E-state index contributed by atoms with van der Waals surface area (Å²) in [6.45, 7) is 2.14. The summed E-state index contributed by atoms with van der Waals surface area (Å²) in [5.41, 5.74) is 9.01. The van der Waals surface area contributed by atoms with Gasteiger partial charge >= 0.3 is 0 Å². The molecule has 0 unspecified atom stereocenters. The standard InChI is InChI=1S/C27H26N4O3/c28-25(32)21-8-11-23-24(16-21)30-26(29-23)19-6-9-22(10-7-19)34-17-18-12-14-31(15-13-18)27(33)20-4-2-1-3-5-20/h1-11,16,18H,12-15,17H2,(H2,28,32)(H,29,30). The number of carbonyl (C=O) groups excluding carboxylic acids is 2. The highest BCUT2D eigenvalue weighted by atomic mass is 16.5. The largest absolute Gasteiger partial charge is 0.493 e. The number of H-pyrrole nitrogens is 1. The summed E-state index contributed by atoms with van der Waals surface area (Å²) in [6.07, 6.45) is 1.87. The Morgan fingerprint density at radius 1 is 0.971 bits per heavy atom. The van der Waals surface area contributed by atoms with Crippen LogP contribution in [0.15, 0.2) is 72.8 Å². The Bertz CT molecular complexity index is 1310. The molecule has 1 aliphatic rings. The Balaban J connectivity index is 1.15. The number of nitrogens with two attached hydrogens (primary N) is 1. The van der Waals surface area contributed by atoms with Crippen LogP contribution in [-0.4, -0.2) is 46.4 Å². The molecule has 0 spiro atoms. The second-order valence-corrected chi connectivity index (χ2v) is 8.62. The summed E-state index contributed by atoms with van der Waals surface area (Å²) < 4.78 is 6.03. The smallest absolute Gasteiger partial charge is 0.253 e. The van der Waals surface area contributed by atoms with Gasteiger partial charge in [-0.1, -0.05) is 18.2 Å². The van der Waals surface area contributed by atoms with Gasteiger partial charge in [-0.2, -0.15) is 0 Å². The maximum Gasteiger partial charge on any atom is 0.253 e. The number of imidazole rings is 1. The number of rotatable bonds is 6. The van der Waals surface area contributed by atoms with Crippen molar-refractivity contribution in [2.45, 2.75) is 12.8 Å². The van der Waals surface area contributed by atoms with Crippen LogP contribution in [0.3, 0.4) is 0 Å². The van der Waals surface area contributed by atoms with Gasteiger partial charge in [-0.05, 0) is 73.4 Å². The lowest BCUT2D eigenvalue weighted by Gasteiger charge is -2.32. The number of amides is 2. The number of hydrogen-bond donors (Lipinski definition) is 2. The van der Waals surface area contributed by atoms with E-state index < -0.39 is 5.91 Å². The van der Waals surface area contributed by atoms with Crippen LogP contribution < -0.4 is 10.5 Å². The van der Waals surface area contributed by atoms with Gasteiger partial charge in [0.05, 0.1) is 17.6 Å². The second-order valence-electron chi connectivity index (χ2n) is 8.62. The van der Waals surface area contributed by atoms with Crippen molar-refractivity contribution in [1.29, 1.82) is 0 Å². The van der Waals surface area contributed by atoms with Crippen LogP contribution in [-0.2, 0) is 0 Å². The number of nitrogens with zero attached hydrogens (tertiary/aromatic N) is 2. The Morgan fingerprint density at radius 3 is 2.41 bits per heavy atom. The van der Waals surface area contributed by atoms with Gasteiger partial charge < -0.3 is 20.4 Å². The average Bonchev–Trinajstić information content (AvgIpc) is 3.32. The third-order valence-corrected chi connectivity index (χ3v) is 6.30. The fraction of sp³-hybridized carbons (Fsp3) is 0.222. The number of benzene rings is 3. The number of aromatic nitrogens is 2. The summed E-state index contributed by atoms with van der Waals surface area (Å²) in [5.74, 6) is 1.58. The van der Waals surface area contributed by atoms with Crippen molar-refractivity contribution >= 4 is 22.8 Å². The number of hydrogen-bond acceptors (Lipinski definition) is 4. The predicted molar refractivity (Wildman–Crippen MR) is 131 cm³/mol. The fourth-order valence-electron chi connectivity index (χ4n) is 4.28. The SMILES string of the molecule is NC(=O)c1ccc2[nH]c(-c3ccc(OCC4CCN(C(=O)c5ccccc5)CC4)cc3)nc2c1. The van der Waals surface area contributed by atoms with E-state index in [1.807, 2.05) is 65.6 Å². The van der Waals surface area contributed by atoms with E-state index in [1.54, 1.807) is 12.1 Å². The Labute approximate surface area is 197 Å². The van der Waals surface area contributed by atoms with Crippen molar-refractivity contribution in [1.82, 2.24) is 14.9 Å². The third-order valence-electron chi connectivity index (χ3n) is 6.30. The molecule has 7 heteroatoms. The van der Waals surface area contributed by atoms with E-state index in [9.17, 15) is 9.59 Å². The monoisotopic (exact) mass is 454 g/mol. The predicted octanol–water partition coefficient (Wildman–Crippen LogP) is 4.26. The van der Waals surface area contributed by atoms with Crippen LogP contribution >= 0.6 is 0 Å². The van der Waals surface area contributed by atoms with Crippen molar-refractivity contribution < 1.29 is 14.3 Å². The van der Waals surface area contributed by atoms with Crippen LogP contribution in [0.25, 0.3) is 22.4 Å². The molecule has 34 heavy (non-hydrogen) atoms. The average molecular weight is 455 g/mol. The van der Waals surface area contributed by atoms with Crippen LogP contribution in [0.2, 0.25) is 0 Å². The number of carbonyl (C=O) groups is 2. The number of aromatic amines is 1. The minimum Gasteiger partial charge on any atom is -0.493 e. The highest BCUT2D eigenvalue weighted by molar-refractivity contribution is 5.96. The van der Waals surface area contributed by atoms with Gasteiger partial charge in [0.1, 0.15) is 11.6 Å². The maximum atomic E-state index is 12.6. The maximum absolute atomic E-state index is 12.6. The van der Waals surface area contributed by atoms with Gasteiger partial charge in [0, 0.05) is 29.8 Å². The highest BCUT2D eigenvalue weighted by Gasteiger charge is 2.24. The van der Waals surface area contributed by atoms with Gasteiger partial charge in [-0.25, -0.2) is 4.98 Å². The minimum absolute atomic E-state index is 0.104. The first-order chi connectivity index (χ1) is 16.6. The van der Waals surface area contributed by atoms with Crippen LogP contribution in [0.1, 0.15) is 33.6 Å².